The van der Waals surface area contributed by atoms with E-state index in [2.05, 4.69) is 25.6 Å². The molecule has 2 amide bonds. The summed E-state index contributed by atoms with van der Waals surface area (Å²) in [5, 5.41) is 15.4. The first-order chi connectivity index (χ1) is 14.8. The molecule has 162 valence electrons. The van der Waals surface area contributed by atoms with Gasteiger partial charge < -0.3 is 20.7 Å². The van der Waals surface area contributed by atoms with Gasteiger partial charge in [-0.3, -0.25) is 19.0 Å². The van der Waals surface area contributed by atoms with E-state index in [-0.39, 0.29) is 30.4 Å². The van der Waals surface area contributed by atoms with Crippen molar-refractivity contribution in [3.63, 3.8) is 0 Å². The summed E-state index contributed by atoms with van der Waals surface area (Å²) < 4.78 is 14.1. The maximum absolute atomic E-state index is 13.0. The van der Waals surface area contributed by atoms with Gasteiger partial charge in [-0.25, -0.2) is 14.4 Å². The van der Waals surface area contributed by atoms with E-state index in [1.165, 1.54) is 43.8 Å². The number of aromatic amines is 1. The lowest BCUT2D eigenvalue weighted by molar-refractivity contribution is 0.0926. The SMILES string of the molecule is CC(Cc1nc(C(=O)NCc2ccc(F)cc2)c(O)c(=O)n1C)NC(=O)c1cnc[nH]1. The number of imidazole rings is 1. The molecule has 1 unspecified atom stereocenters. The zero-order valence-electron chi connectivity index (χ0n) is 16.8. The second kappa shape index (κ2) is 9.20. The van der Waals surface area contributed by atoms with E-state index in [4.69, 9.17) is 0 Å². The zero-order chi connectivity index (χ0) is 22.5. The zero-order valence-corrected chi connectivity index (χ0v) is 16.8. The Labute approximate surface area is 176 Å². The Morgan fingerprint density at radius 1 is 1.26 bits per heavy atom. The minimum Gasteiger partial charge on any atom is -0.501 e. The van der Waals surface area contributed by atoms with Gasteiger partial charge in [-0.2, -0.15) is 0 Å². The van der Waals surface area contributed by atoms with Crippen LogP contribution in [-0.2, 0) is 20.0 Å². The molecule has 0 aliphatic rings. The van der Waals surface area contributed by atoms with Gasteiger partial charge >= 0.3 is 0 Å². The largest absolute Gasteiger partial charge is 0.501 e. The van der Waals surface area contributed by atoms with Crippen molar-refractivity contribution in [1.82, 2.24) is 30.2 Å². The summed E-state index contributed by atoms with van der Waals surface area (Å²) in [6, 6.07) is 5.08. The van der Waals surface area contributed by atoms with Crippen molar-refractivity contribution >= 4 is 11.8 Å². The monoisotopic (exact) mass is 428 g/mol. The summed E-state index contributed by atoms with van der Waals surface area (Å²) in [7, 11) is 1.41. The number of carbonyl (C=O) groups excluding carboxylic acids is 2. The van der Waals surface area contributed by atoms with Gasteiger partial charge in [0.05, 0.1) is 12.5 Å². The molecular weight excluding hydrogens is 407 g/mol. The van der Waals surface area contributed by atoms with Crippen LogP contribution in [-0.4, -0.2) is 42.5 Å². The molecule has 3 aromatic rings. The number of benzene rings is 1. The topological polar surface area (TPSA) is 142 Å². The third-order valence-electron chi connectivity index (χ3n) is 4.55. The van der Waals surface area contributed by atoms with E-state index < -0.39 is 34.8 Å². The first kappa shape index (κ1) is 21.7. The van der Waals surface area contributed by atoms with Gasteiger partial charge in [-0.05, 0) is 24.6 Å². The lowest BCUT2D eigenvalue weighted by Gasteiger charge is -2.16. The summed E-state index contributed by atoms with van der Waals surface area (Å²) in [4.78, 5) is 47.6. The second-order valence-electron chi connectivity index (χ2n) is 6.94. The highest BCUT2D eigenvalue weighted by Gasteiger charge is 2.21. The molecule has 4 N–H and O–H groups in total. The Balaban J connectivity index is 1.74. The number of rotatable bonds is 7. The van der Waals surface area contributed by atoms with E-state index in [9.17, 15) is 23.9 Å². The van der Waals surface area contributed by atoms with Gasteiger partial charge in [0, 0.05) is 26.1 Å². The average Bonchev–Trinajstić information content (AvgIpc) is 3.28. The Morgan fingerprint density at radius 3 is 2.61 bits per heavy atom. The third kappa shape index (κ3) is 5.13. The minimum atomic E-state index is -0.788. The fourth-order valence-corrected chi connectivity index (χ4v) is 2.85. The van der Waals surface area contributed by atoms with Gasteiger partial charge in [-0.15, -0.1) is 0 Å². The number of hydrogen-bond acceptors (Lipinski definition) is 6. The molecule has 0 aliphatic carbocycles. The van der Waals surface area contributed by atoms with Crippen molar-refractivity contribution in [2.24, 2.45) is 7.05 Å². The maximum Gasteiger partial charge on any atom is 0.296 e. The molecule has 1 atom stereocenters. The number of aromatic nitrogens is 4. The number of nitrogens with zero attached hydrogens (tertiary/aromatic N) is 3. The molecule has 0 fully saturated rings. The highest BCUT2D eigenvalue weighted by Crippen LogP contribution is 2.11. The summed E-state index contributed by atoms with van der Waals surface area (Å²) in [6.07, 6.45) is 2.88. The molecule has 0 radical (unpaired) electrons. The number of H-pyrrole nitrogens is 1. The number of amides is 2. The number of nitrogens with one attached hydrogen (secondary N) is 3. The molecule has 31 heavy (non-hydrogen) atoms. The van der Waals surface area contributed by atoms with Crippen LogP contribution in [0.1, 0.15) is 39.3 Å². The Morgan fingerprint density at radius 2 is 1.97 bits per heavy atom. The van der Waals surface area contributed by atoms with Crippen LogP contribution in [0.3, 0.4) is 0 Å². The summed E-state index contributed by atoms with van der Waals surface area (Å²) in [5.74, 6) is -2.12. The smallest absolute Gasteiger partial charge is 0.296 e. The van der Waals surface area contributed by atoms with E-state index in [0.29, 0.717) is 5.56 Å². The van der Waals surface area contributed by atoms with Crippen LogP contribution in [0.15, 0.2) is 41.6 Å². The first-order valence-electron chi connectivity index (χ1n) is 9.37. The molecule has 0 aliphatic heterocycles. The van der Waals surface area contributed by atoms with Crippen molar-refractivity contribution in [3.8, 4) is 5.75 Å². The van der Waals surface area contributed by atoms with E-state index in [1.807, 2.05) is 0 Å². The predicted octanol–water partition coefficient (Wildman–Crippen LogP) is 0.639. The lowest BCUT2D eigenvalue weighted by atomic mass is 10.2. The second-order valence-corrected chi connectivity index (χ2v) is 6.94. The molecular formula is C20H21FN6O4. The quantitative estimate of drug-likeness (QED) is 0.435. The van der Waals surface area contributed by atoms with Gasteiger partial charge in [0.15, 0.2) is 5.69 Å². The van der Waals surface area contributed by atoms with Gasteiger partial charge in [0.25, 0.3) is 17.4 Å². The van der Waals surface area contributed by atoms with Crippen molar-refractivity contribution in [2.75, 3.05) is 0 Å². The van der Waals surface area contributed by atoms with Gasteiger partial charge in [0.1, 0.15) is 17.3 Å². The molecule has 11 heteroatoms. The Kier molecular flexibility index (Phi) is 6.43. The molecule has 0 saturated heterocycles. The normalized spacial score (nSPS) is 11.7. The van der Waals surface area contributed by atoms with Crippen molar-refractivity contribution < 1.29 is 19.1 Å². The summed E-state index contributed by atoms with van der Waals surface area (Å²) >= 11 is 0. The van der Waals surface area contributed by atoms with E-state index in [0.717, 1.165) is 4.57 Å². The van der Waals surface area contributed by atoms with Crippen LogP contribution in [0.4, 0.5) is 4.39 Å². The molecule has 3 rings (SSSR count). The van der Waals surface area contributed by atoms with Gasteiger partial charge in [-0.1, -0.05) is 12.1 Å². The number of aromatic hydroxyl groups is 1. The van der Waals surface area contributed by atoms with Crippen molar-refractivity contribution in [1.29, 1.82) is 0 Å². The van der Waals surface area contributed by atoms with Crippen LogP contribution in [0.25, 0.3) is 0 Å². The Bertz CT molecular complexity index is 1140. The molecule has 2 heterocycles. The van der Waals surface area contributed by atoms with Crippen LogP contribution in [0, 0.1) is 5.82 Å². The molecule has 10 nitrogen and oxygen atoms in total. The lowest BCUT2D eigenvalue weighted by Crippen LogP contribution is -2.37. The maximum atomic E-state index is 13.0. The third-order valence-corrected chi connectivity index (χ3v) is 4.55. The minimum absolute atomic E-state index is 0.0570. The summed E-state index contributed by atoms with van der Waals surface area (Å²) in [6.45, 7) is 1.77. The Hall–Kier alpha value is -4.02. The fraction of sp³-hybridized carbons (Fsp3) is 0.250. The molecule has 0 spiro atoms. The van der Waals surface area contributed by atoms with Gasteiger partial charge in [0.2, 0.25) is 5.75 Å². The van der Waals surface area contributed by atoms with Crippen LogP contribution < -0.4 is 16.2 Å². The number of carbonyl (C=O) groups is 2. The average molecular weight is 428 g/mol. The highest BCUT2D eigenvalue weighted by atomic mass is 19.1. The highest BCUT2D eigenvalue weighted by molar-refractivity contribution is 5.94. The molecule has 0 bridgehead atoms. The molecule has 2 aromatic heterocycles. The standard InChI is InChI=1S/C20H21FN6O4/c1-11(25-18(29)14-9-22-10-24-14)7-15-26-16(17(28)20(31)27(15)2)19(30)23-8-12-3-5-13(21)6-4-12/h3-6,9-11,28H,7-8H2,1-2H3,(H,22,24)(H,23,30)(H,25,29). The van der Waals surface area contributed by atoms with Crippen LogP contribution in [0.5, 0.6) is 5.75 Å². The molecule has 0 saturated carbocycles. The molecule has 1 aromatic carbocycles. The predicted molar refractivity (Wildman–Crippen MR) is 108 cm³/mol. The number of halogens is 1. The van der Waals surface area contributed by atoms with E-state index >= 15 is 0 Å². The summed E-state index contributed by atoms with van der Waals surface area (Å²) in [5.41, 5.74) is -0.301. The fourth-order valence-electron chi connectivity index (χ4n) is 2.85. The van der Waals surface area contributed by atoms with E-state index in [1.54, 1.807) is 6.92 Å². The van der Waals surface area contributed by atoms with Crippen molar-refractivity contribution in [3.05, 3.63) is 75.7 Å². The number of hydrogen-bond donors (Lipinski definition) is 4. The first-order valence-corrected chi connectivity index (χ1v) is 9.37. The van der Waals surface area contributed by atoms with Crippen LogP contribution >= 0.6 is 0 Å². The van der Waals surface area contributed by atoms with Crippen molar-refractivity contribution in [2.45, 2.75) is 25.9 Å². The van der Waals surface area contributed by atoms with Crippen LogP contribution in [0.2, 0.25) is 0 Å².